The van der Waals surface area contributed by atoms with Gasteiger partial charge in [-0.2, -0.15) is 10.2 Å². The van der Waals surface area contributed by atoms with Gasteiger partial charge in [-0.3, -0.25) is 19.3 Å². The molecule has 34 heavy (non-hydrogen) atoms. The van der Waals surface area contributed by atoms with Crippen LogP contribution in [0.2, 0.25) is 0 Å². The number of H-pyrrole nitrogens is 1. The van der Waals surface area contributed by atoms with Crippen molar-refractivity contribution in [2.24, 2.45) is 7.05 Å². The zero-order valence-electron chi connectivity index (χ0n) is 18.8. The first kappa shape index (κ1) is 24.0. The second-order valence-corrected chi connectivity index (χ2v) is 8.71. The number of carbonyl (C=O) groups is 2. The quantitative estimate of drug-likeness (QED) is 0.548. The molecule has 1 aliphatic carbocycles. The molecule has 2 fully saturated rings. The van der Waals surface area contributed by atoms with Crippen LogP contribution in [0.15, 0.2) is 6.07 Å². The summed E-state index contributed by atoms with van der Waals surface area (Å²) in [6.07, 6.45) is -3.82. The van der Waals surface area contributed by atoms with Crippen LogP contribution >= 0.6 is 0 Å². The molecule has 11 nitrogen and oxygen atoms in total. The van der Waals surface area contributed by atoms with Gasteiger partial charge >= 0.3 is 12.5 Å². The molecular formula is C20H25F3N6O5. The summed E-state index contributed by atoms with van der Waals surface area (Å²) in [5, 5.41) is 16.2. The van der Waals surface area contributed by atoms with E-state index >= 15 is 0 Å². The molecule has 1 saturated heterocycles. The average Bonchev–Trinajstić information content (AvgIpc) is 3.10. The highest BCUT2D eigenvalue weighted by atomic mass is 19.4. The zero-order valence-corrected chi connectivity index (χ0v) is 18.8. The number of nitrogens with zero attached hydrogens (tertiary/aromatic N) is 3. The van der Waals surface area contributed by atoms with Crippen LogP contribution in [-0.4, -0.2) is 56.6 Å². The molecule has 4 rings (SSSR count). The smallest absolute Gasteiger partial charge is 0.444 e. The van der Waals surface area contributed by atoms with Gasteiger partial charge in [0.05, 0.1) is 18.0 Å². The van der Waals surface area contributed by atoms with Crippen LogP contribution in [0.5, 0.6) is 0 Å². The number of ether oxygens (including phenoxy) is 3. The Morgan fingerprint density at radius 1 is 1.38 bits per heavy atom. The third-order valence-electron chi connectivity index (χ3n) is 5.79. The van der Waals surface area contributed by atoms with Crippen molar-refractivity contribution < 1.29 is 37.0 Å². The largest absolute Gasteiger partial charge is 0.522 e. The van der Waals surface area contributed by atoms with E-state index in [4.69, 9.17) is 9.47 Å². The van der Waals surface area contributed by atoms with Crippen LogP contribution in [0.25, 0.3) is 0 Å². The van der Waals surface area contributed by atoms with Gasteiger partial charge in [-0.25, -0.2) is 4.79 Å². The van der Waals surface area contributed by atoms with E-state index in [1.165, 1.54) is 18.7 Å². The van der Waals surface area contributed by atoms with Crippen molar-refractivity contribution in [3.63, 3.8) is 0 Å². The average molecular weight is 486 g/mol. The van der Waals surface area contributed by atoms with Crippen molar-refractivity contribution in [1.29, 1.82) is 0 Å². The number of alkyl carbamates (subject to hydrolysis) is 1. The van der Waals surface area contributed by atoms with Crippen LogP contribution in [0.1, 0.15) is 59.7 Å². The summed E-state index contributed by atoms with van der Waals surface area (Å²) in [4.78, 5) is 24.7. The van der Waals surface area contributed by atoms with Gasteiger partial charge in [0.25, 0.3) is 5.91 Å². The molecular weight excluding hydrogens is 461 g/mol. The highest BCUT2D eigenvalue weighted by Crippen LogP contribution is 2.35. The molecule has 3 heterocycles. The monoisotopic (exact) mass is 486 g/mol. The SMILES string of the molecule is Cc1c(COC(F)(F)F)nn(C)c1C(=O)Nc1cc([C@H]2C[C@@H](OC(=O)NC3(C)CC3)CO2)[nH]n1. The number of anilines is 1. The molecule has 2 amide bonds. The topological polar surface area (TPSA) is 132 Å². The van der Waals surface area contributed by atoms with Gasteiger partial charge < -0.3 is 20.1 Å². The second-order valence-electron chi connectivity index (χ2n) is 8.71. The molecule has 3 N–H and O–H groups in total. The van der Waals surface area contributed by atoms with E-state index < -0.39 is 37.2 Å². The number of aryl methyl sites for hydroxylation is 1. The Balaban J connectivity index is 1.33. The van der Waals surface area contributed by atoms with Crippen LogP contribution in [0.3, 0.4) is 0 Å². The Hall–Kier alpha value is -3.13. The van der Waals surface area contributed by atoms with E-state index in [1.54, 1.807) is 6.07 Å². The number of hydrogen-bond donors (Lipinski definition) is 3. The number of aromatic nitrogens is 4. The molecule has 0 aromatic carbocycles. The van der Waals surface area contributed by atoms with E-state index in [9.17, 15) is 22.8 Å². The van der Waals surface area contributed by atoms with Gasteiger partial charge in [-0.15, -0.1) is 13.2 Å². The number of nitrogens with one attached hydrogen (secondary N) is 3. The lowest BCUT2D eigenvalue weighted by Gasteiger charge is -2.15. The Morgan fingerprint density at radius 3 is 2.79 bits per heavy atom. The number of hydrogen-bond acceptors (Lipinski definition) is 7. The fourth-order valence-corrected chi connectivity index (χ4v) is 3.67. The molecule has 0 radical (unpaired) electrons. The molecule has 0 bridgehead atoms. The van der Waals surface area contributed by atoms with E-state index in [1.807, 2.05) is 6.92 Å². The number of halogens is 3. The summed E-state index contributed by atoms with van der Waals surface area (Å²) >= 11 is 0. The van der Waals surface area contributed by atoms with Crippen molar-refractivity contribution in [3.05, 3.63) is 28.7 Å². The van der Waals surface area contributed by atoms with E-state index in [0.717, 1.165) is 12.8 Å². The molecule has 2 aliphatic rings. The molecule has 14 heteroatoms. The Kier molecular flexibility index (Phi) is 6.29. The van der Waals surface area contributed by atoms with Gasteiger partial charge in [0, 0.05) is 30.6 Å². The van der Waals surface area contributed by atoms with Crippen molar-refractivity contribution in [2.75, 3.05) is 11.9 Å². The Morgan fingerprint density at radius 2 is 2.12 bits per heavy atom. The molecule has 2 aromatic heterocycles. The minimum absolute atomic E-state index is 0.00203. The lowest BCUT2D eigenvalue weighted by atomic mass is 10.1. The Labute approximate surface area is 192 Å². The van der Waals surface area contributed by atoms with E-state index in [2.05, 4.69) is 30.7 Å². The molecule has 1 saturated carbocycles. The second kappa shape index (κ2) is 8.91. The molecule has 186 valence electrons. The Bertz CT molecular complexity index is 1080. The van der Waals surface area contributed by atoms with E-state index in [0.29, 0.717) is 12.1 Å². The maximum absolute atomic E-state index is 12.7. The normalized spacial score (nSPS) is 21.4. The first-order valence-corrected chi connectivity index (χ1v) is 10.6. The molecule has 0 spiro atoms. The summed E-state index contributed by atoms with van der Waals surface area (Å²) in [5.41, 5.74) is 0.739. The predicted molar refractivity (Wildman–Crippen MR) is 110 cm³/mol. The van der Waals surface area contributed by atoms with Crippen LogP contribution in [0.4, 0.5) is 23.8 Å². The third-order valence-corrected chi connectivity index (χ3v) is 5.79. The summed E-state index contributed by atoms with van der Waals surface area (Å²) in [5.74, 6) is -0.399. The van der Waals surface area contributed by atoms with Crippen molar-refractivity contribution in [1.82, 2.24) is 25.3 Å². The minimum Gasteiger partial charge on any atom is -0.444 e. The summed E-state index contributed by atoms with van der Waals surface area (Å²) in [6, 6.07) is 1.58. The maximum Gasteiger partial charge on any atom is 0.522 e. The highest BCUT2D eigenvalue weighted by molar-refractivity contribution is 6.03. The molecule has 0 unspecified atom stereocenters. The maximum atomic E-state index is 12.7. The lowest BCUT2D eigenvalue weighted by Crippen LogP contribution is -2.37. The first-order chi connectivity index (χ1) is 15.9. The lowest BCUT2D eigenvalue weighted by molar-refractivity contribution is -0.330. The third kappa shape index (κ3) is 5.67. The number of amides is 2. The van der Waals surface area contributed by atoms with Gasteiger partial charge in [-0.1, -0.05) is 0 Å². The summed E-state index contributed by atoms with van der Waals surface area (Å²) in [7, 11) is 1.45. The predicted octanol–water partition coefficient (Wildman–Crippen LogP) is 2.85. The van der Waals surface area contributed by atoms with Crippen LogP contribution in [-0.2, 0) is 27.9 Å². The minimum atomic E-state index is -4.80. The van der Waals surface area contributed by atoms with Gasteiger partial charge in [0.15, 0.2) is 5.82 Å². The number of alkyl halides is 3. The highest BCUT2D eigenvalue weighted by Gasteiger charge is 2.40. The zero-order chi connectivity index (χ0) is 24.7. The summed E-state index contributed by atoms with van der Waals surface area (Å²) in [6.45, 7) is 2.86. The number of aromatic amines is 1. The van der Waals surface area contributed by atoms with E-state index in [-0.39, 0.29) is 34.9 Å². The first-order valence-electron chi connectivity index (χ1n) is 10.6. The fraction of sp³-hybridized carbons (Fsp3) is 0.600. The van der Waals surface area contributed by atoms with Gasteiger partial charge in [-0.05, 0) is 26.7 Å². The van der Waals surface area contributed by atoms with Gasteiger partial charge in [0.2, 0.25) is 0 Å². The molecule has 1 aliphatic heterocycles. The van der Waals surface area contributed by atoms with Crippen molar-refractivity contribution in [3.8, 4) is 0 Å². The number of rotatable bonds is 7. The standard InChI is InChI=1S/C20H25F3N6O5/c1-10-13(9-33-20(21,22)23)28-29(3)16(10)17(30)24-15-7-12(26-27-15)14-6-11(8-32-14)34-18(31)25-19(2)4-5-19/h7,11,14H,4-6,8-9H2,1-3H3,(H,25,31)(H2,24,26,27,30)/t11-,14-/m1/s1. The van der Waals surface area contributed by atoms with Crippen LogP contribution < -0.4 is 10.6 Å². The van der Waals surface area contributed by atoms with Gasteiger partial charge in [0.1, 0.15) is 24.5 Å². The summed E-state index contributed by atoms with van der Waals surface area (Å²) < 4.78 is 53.1. The fourth-order valence-electron chi connectivity index (χ4n) is 3.67. The van der Waals surface area contributed by atoms with Crippen molar-refractivity contribution >= 4 is 17.8 Å². The molecule has 2 aromatic rings. The number of carbonyl (C=O) groups excluding carboxylic acids is 2. The molecule has 2 atom stereocenters. The van der Waals surface area contributed by atoms with Crippen LogP contribution in [0, 0.1) is 6.92 Å². The van der Waals surface area contributed by atoms with Crippen molar-refractivity contribution in [2.45, 2.75) is 63.8 Å².